The second kappa shape index (κ2) is 5.88. The maximum absolute atomic E-state index is 12.4. The van der Waals surface area contributed by atoms with Crippen LogP contribution in [0, 0.1) is 6.92 Å². The van der Waals surface area contributed by atoms with E-state index in [1.807, 2.05) is 57.3 Å². The molecule has 1 unspecified atom stereocenters. The summed E-state index contributed by atoms with van der Waals surface area (Å²) in [5.41, 5.74) is 2.25. The fraction of sp³-hybridized carbons (Fsp3) is 0.267. The molecule has 1 atom stereocenters. The van der Waals surface area contributed by atoms with Crippen LogP contribution in [-0.4, -0.2) is 17.9 Å². The monoisotopic (exact) mass is 337 g/mol. The molecule has 0 spiro atoms. The Labute approximate surface area is 126 Å². The van der Waals surface area contributed by atoms with Crippen LogP contribution in [0.4, 0.5) is 0 Å². The average molecular weight is 338 g/mol. The molecule has 2 nitrogen and oxygen atoms in total. The zero-order chi connectivity index (χ0) is 14.0. The minimum absolute atomic E-state index is 0.0647. The predicted octanol–water partition coefficient (Wildman–Crippen LogP) is 4.65. The van der Waals surface area contributed by atoms with Gasteiger partial charge in [0.2, 0.25) is 0 Å². The number of hydrogen-bond donors (Lipinski definition) is 0. The topological polar surface area (TPSA) is 20.3 Å². The van der Waals surface area contributed by atoms with E-state index in [0.717, 1.165) is 19.8 Å². The lowest BCUT2D eigenvalue weighted by Gasteiger charge is -2.24. The molecule has 4 heteroatoms. The Morgan fingerprint density at radius 1 is 1.32 bits per heavy atom. The highest BCUT2D eigenvalue weighted by molar-refractivity contribution is 9.11. The molecule has 2 rings (SSSR count). The molecule has 0 saturated heterocycles. The number of benzene rings is 1. The minimum atomic E-state index is 0.0647. The molecule has 19 heavy (non-hydrogen) atoms. The lowest BCUT2D eigenvalue weighted by Crippen LogP contribution is -2.29. The molecular weight excluding hydrogens is 322 g/mol. The van der Waals surface area contributed by atoms with E-state index in [2.05, 4.69) is 15.9 Å². The van der Waals surface area contributed by atoms with E-state index in [1.54, 1.807) is 4.90 Å². The van der Waals surface area contributed by atoms with Crippen molar-refractivity contribution in [2.75, 3.05) is 7.05 Å². The van der Waals surface area contributed by atoms with Gasteiger partial charge in [0.25, 0.3) is 5.91 Å². The number of aryl methyl sites for hydroxylation is 1. The normalized spacial score (nSPS) is 12.2. The molecule has 1 heterocycles. The van der Waals surface area contributed by atoms with Crippen LogP contribution in [0.3, 0.4) is 0 Å². The number of carbonyl (C=O) groups is 1. The maximum atomic E-state index is 12.4. The summed E-state index contributed by atoms with van der Waals surface area (Å²) in [7, 11) is 1.85. The number of rotatable bonds is 3. The Hall–Kier alpha value is -1.13. The van der Waals surface area contributed by atoms with Crippen LogP contribution in [0.1, 0.15) is 33.8 Å². The van der Waals surface area contributed by atoms with E-state index >= 15 is 0 Å². The van der Waals surface area contributed by atoms with Gasteiger partial charge < -0.3 is 4.90 Å². The van der Waals surface area contributed by atoms with Gasteiger partial charge in [-0.2, -0.15) is 0 Å². The van der Waals surface area contributed by atoms with Crippen molar-refractivity contribution in [3.05, 3.63) is 56.2 Å². The standard InChI is InChI=1S/C15H16BrNOS/c1-10-9-13(19-14(10)16)15(18)17(3)11(2)12-7-5-4-6-8-12/h4-9,11H,1-3H3. The SMILES string of the molecule is Cc1cc(C(=O)N(C)C(C)c2ccccc2)sc1Br. The van der Waals surface area contributed by atoms with Gasteiger partial charge in [-0.15, -0.1) is 11.3 Å². The van der Waals surface area contributed by atoms with E-state index in [4.69, 9.17) is 0 Å². The number of hydrogen-bond acceptors (Lipinski definition) is 2. The van der Waals surface area contributed by atoms with Crippen LogP contribution in [0.25, 0.3) is 0 Å². The first-order chi connectivity index (χ1) is 9.00. The summed E-state index contributed by atoms with van der Waals surface area (Å²) in [4.78, 5) is 15.0. The lowest BCUT2D eigenvalue weighted by molar-refractivity contribution is 0.0747. The van der Waals surface area contributed by atoms with Gasteiger partial charge in [-0.1, -0.05) is 30.3 Å². The molecule has 0 radical (unpaired) electrons. The zero-order valence-corrected chi connectivity index (χ0v) is 13.6. The fourth-order valence-electron chi connectivity index (χ4n) is 1.87. The van der Waals surface area contributed by atoms with Crippen molar-refractivity contribution in [2.24, 2.45) is 0 Å². The van der Waals surface area contributed by atoms with Crippen LogP contribution in [0.15, 0.2) is 40.2 Å². The molecule has 100 valence electrons. The van der Waals surface area contributed by atoms with Gasteiger partial charge in [-0.3, -0.25) is 4.79 Å². The molecule has 0 bridgehead atoms. The number of nitrogens with zero attached hydrogens (tertiary/aromatic N) is 1. The van der Waals surface area contributed by atoms with Gasteiger partial charge in [0.15, 0.2) is 0 Å². The Kier molecular flexibility index (Phi) is 4.42. The summed E-state index contributed by atoms with van der Waals surface area (Å²) < 4.78 is 1.02. The van der Waals surface area contributed by atoms with E-state index in [1.165, 1.54) is 11.3 Å². The third kappa shape index (κ3) is 3.07. The maximum Gasteiger partial charge on any atom is 0.264 e. The summed E-state index contributed by atoms with van der Waals surface area (Å²) >= 11 is 4.95. The second-order valence-corrected chi connectivity index (χ2v) is 6.94. The quantitative estimate of drug-likeness (QED) is 0.798. The largest absolute Gasteiger partial charge is 0.334 e. The van der Waals surface area contributed by atoms with Crippen molar-refractivity contribution in [1.82, 2.24) is 4.90 Å². The van der Waals surface area contributed by atoms with E-state index in [0.29, 0.717) is 0 Å². The van der Waals surface area contributed by atoms with Gasteiger partial charge in [0.1, 0.15) is 0 Å². The molecule has 2 aromatic rings. The highest BCUT2D eigenvalue weighted by atomic mass is 79.9. The van der Waals surface area contributed by atoms with Crippen LogP contribution in [0.2, 0.25) is 0 Å². The Balaban J connectivity index is 2.19. The van der Waals surface area contributed by atoms with E-state index in [-0.39, 0.29) is 11.9 Å². The van der Waals surface area contributed by atoms with Crippen LogP contribution >= 0.6 is 27.3 Å². The number of halogens is 1. The van der Waals surface area contributed by atoms with E-state index in [9.17, 15) is 4.79 Å². The molecule has 1 aromatic carbocycles. The fourth-order valence-corrected chi connectivity index (χ4v) is 3.39. The van der Waals surface area contributed by atoms with Crippen molar-refractivity contribution in [2.45, 2.75) is 19.9 Å². The minimum Gasteiger partial charge on any atom is -0.334 e. The van der Waals surface area contributed by atoms with Gasteiger partial charge in [0.05, 0.1) is 14.7 Å². The van der Waals surface area contributed by atoms with Gasteiger partial charge >= 0.3 is 0 Å². The number of thiophene rings is 1. The third-order valence-electron chi connectivity index (χ3n) is 3.25. The van der Waals surface area contributed by atoms with Crippen molar-refractivity contribution in [3.8, 4) is 0 Å². The van der Waals surface area contributed by atoms with E-state index < -0.39 is 0 Å². The third-order valence-corrected chi connectivity index (χ3v) is 5.38. The zero-order valence-electron chi connectivity index (χ0n) is 11.2. The van der Waals surface area contributed by atoms with Gasteiger partial charge in [-0.25, -0.2) is 0 Å². The lowest BCUT2D eigenvalue weighted by atomic mass is 10.1. The molecule has 0 aliphatic carbocycles. The molecule has 0 aliphatic rings. The smallest absolute Gasteiger partial charge is 0.264 e. The molecule has 1 amide bonds. The summed E-state index contributed by atoms with van der Waals surface area (Å²) in [6, 6.07) is 12.1. The highest BCUT2D eigenvalue weighted by Gasteiger charge is 2.20. The second-order valence-electron chi connectivity index (χ2n) is 4.57. The van der Waals surface area contributed by atoms with Gasteiger partial charge in [-0.05, 0) is 47.0 Å². The van der Waals surface area contributed by atoms with Gasteiger partial charge in [0, 0.05) is 7.05 Å². The molecular formula is C15H16BrNOS. The highest BCUT2D eigenvalue weighted by Crippen LogP contribution is 2.29. The number of carbonyl (C=O) groups excluding carboxylic acids is 1. The summed E-state index contributed by atoms with van der Waals surface area (Å²) in [6.07, 6.45) is 0. The number of amides is 1. The molecule has 0 saturated carbocycles. The Bertz CT molecular complexity index is 560. The van der Waals surface area contributed by atoms with Crippen molar-refractivity contribution in [1.29, 1.82) is 0 Å². The first kappa shape index (κ1) is 14.3. The van der Waals surface area contributed by atoms with Crippen LogP contribution in [0.5, 0.6) is 0 Å². The summed E-state index contributed by atoms with van der Waals surface area (Å²) in [5, 5.41) is 0. The first-order valence-electron chi connectivity index (χ1n) is 6.08. The molecule has 0 N–H and O–H groups in total. The van der Waals surface area contributed by atoms with Crippen LogP contribution < -0.4 is 0 Å². The van der Waals surface area contributed by atoms with Crippen LogP contribution in [-0.2, 0) is 0 Å². The molecule has 0 aliphatic heterocycles. The average Bonchev–Trinajstić information content (AvgIpc) is 2.77. The Morgan fingerprint density at radius 3 is 2.47 bits per heavy atom. The van der Waals surface area contributed by atoms with Crippen molar-refractivity contribution < 1.29 is 4.79 Å². The molecule has 1 aromatic heterocycles. The van der Waals surface area contributed by atoms with Crippen molar-refractivity contribution >= 4 is 33.2 Å². The Morgan fingerprint density at radius 2 is 1.95 bits per heavy atom. The predicted molar refractivity (Wildman–Crippen MR) is 83.7 cm³/mol. The molecule has 0 fully saturated rings. The summed E-state index contributed by atoms with van der Waals surface area (Å²) in [6.45, 7) is 4.04. The van der Waals surface area contributed by atoms with Crippen molar-refractivity contribution in [3.63, 3.8) is 0 Å². The first-order valence-corrected chi connectivity index (χ1v) is 7.69. The summed E-state index contributed by atoms with van der Waals surface area (Å²) in [5.74, 6) is 0.0650.